The third-order valence-electron chi connectivity index (χ3n) is 0.500. The number of aliphatic carboxylic acids is 4. The van der Waals surface area contributed by atoms with Crippen LogP contribution in [-0.2, 0) is 36.0 Å². The van der Waals surface area contributed by atoms with Gasteiger partial charge in [-0.3, -0.25) is 0 Å². The van der Waals surface area contributed by atoms with Gasteiger partial charge in [0, 0.05) is 13.1 Å². The fourth-order valence-corrected chi connectivity index (χ4v) is 0. The van der Waals surface area contributed by atoms with Gasteiger partial charge >= 0.3 is 68.2 Å². The Morgan fingerprint density at radius 2 is 0.778 bits per heavy atom. The average molecular weight is 334 g/mol. The molecule has 0 amide bonds. The summed E-state index contributed by atoms with van der Waals surface area (Å²) in [6.07, 6.45) is 0. The quantitative estimate of drug-likeness (QED) is 0.341. The summed E-state index contributed by atoms with van der Waals surface area (Å²) in [5, 5.41) is 35.7. The average Bonchev–Trinajstić information content (AvgIpc) is 2.18. The minimum absolute atomic E-state index is 0. The van der Waals surface area contributed by atoms with Gasteiger partial charge in [0.25, 0.3) is 0 Å². The van der Waals surface area contributed by atoms with Gasteiger partial charge < -0.3 is 51.1 Å². The standard InChI is InChI=1S/C2H8N2.2C2H2O4.Co.K/c3-1-2-4;2*3-1(4)2(5)6;;/h1-4H2;2*(H,3,4)(H,5,6);;/q;;;+3;+1/p-4. The summed E-state index contributed by atoms with van der Waals surface area (Å²) < 4.78 is 0. The summed E-state index contributed by atoms with van der Waals surface area (Å²) in [4.78, 5) is 35.7. The summed E-state index contributed by atoms with van der Waals surface area (Å²) in [6, 6.07) is 0. The molecule has 0 aromatic rings. The molecule has 0 aromatic carbocycles. The fourth-order valence-electron chi connectivity index (χ4n) is 0. The molecule has 0 heterocycles. The van der Waals surface area contributed by atoms with E-state index in [1.54, 1.807) is 0 Å². The van der Waals surface area contributed by atoms with Crippen molar-refractivity contribution in [1.82, 2.24) is 0 Å². The molecule has 0 aromatic heterocycles. The van der Waals surface area contributed by atoms with E-state index in [-0.39, 0.29) is 68.2 Å². The number of carbonyl (C=O) groups excluding carboxylic acids is 4. The number of carbonyl (C=O) groups is 4. The van der Waals surface area contributed by atoms with Gasteiger partial charge in [0.15, 0.2) is 0 Å². The second kappa shape index (κ2) is 22.2. The zero-order chi connectivity index (χ0) is 13.7. The predicted octanol–water partition coefficient (Wildman–Crippen LogP) is -11.1. The molecule has 100 valence electrons. The Hall–Kier alpha value is -0.0571. The molecule has 0 aliphatic rings. The Balaban J connectivity index is -0.0000000454. The summed E-state index contributed by atoms with van der Waals surface area (Å²) in [5.41, 5.74) is 9.81. The fraction of sp³-hybridized carbons (Fsp3) is 0.333. The zero-order valence-corrected chi connectivity index (χ0v) is 13.3. The Morgan fingerprint density at radius 1 is 0.667 bits per heavy atom. The van der Waals surface area contributed by atoms with Gasteiger partial charge in [-0.1, -0.05) is 0 Å². The minimum atomic E-state index is -2.19. The van der Waals surface area contributed by atoms with Crippen LogP contribution in [0, 0.1) is 0 Å². The SMILES string of the molecule is NCCN.O=C([O-])C(=O)[O-].O=C([O-])C(=O)[O-].[Co+3].[K+]. The number of hydrogen-bond donors (Lipinski definition) is 2. The maximum absolute atomic E-state index is 8.93. The number of carboxylic acid groups (broad SMARTS) is 4. The molecule has 0 saturated carbocycles. The van der Waals surface area contributed by atoms with Crippen molar-refractivity contribution in [2.75, 3.05) is 13.1 Å². The molecule has 4 N–H and O–H groups in total. The first kappa shape index (κ1) is 30.7. The van der Waals surface area contributed by atoms with Gasteiger partial charge in [0.1, 0.15) is 0 Å². The molecule has 0 radical (unpaired) electrons. The second-order valence-corrected chi connectivity index (χ2v) is 1.73. The Morgan fingerprint density at radius 3 is 0.778 bits per heavy atom. The molecule has 0 rings (SSSR count). The van der Waals surface area contributed by atoms with Crippen molar-refractivity contribution in [3.05, 3.63) is 0 Å². The Labute approximate surface area is 154 Å². The number of nitrogens with two attached hydrogens (primary N) is 2. The van der Waals surface area contributed by atoms with Crippen LogP contribution in [0.15, 0.2) is 0 Å². The smallest absolute Gasteiger partial charge is 0.543 e. The minimum Gasteiger partial charge on any atom is -0.543 e. The van der Waals surface area contributed by atoms with E-state index < -0.39 is 23.9 Å². The van der Waals surface area contributed by atoms with Crippen LogP contribution in [0.1, 0.15) is 0 Å². The predicted molar refractivity (Wildman–Crippen MR) is 38.1 cm³/mol. The first-order valence-electron chi connectivity index (χ1n) is 3.45. The molecule has 0 saturated heterocycles. The first-order chi connectivity index (χ1) is 7.20. The van der Waals surface area contributed by atoms with Gasteiger partial charge in [-0.15, -0.1) is 0 Å². The molecule has 0 aliphatic heterocycles. The topological polar surface area (TPSA) is 213 Å². The largest absolute Gasteiger partial charge is 3.00 e. The van der Waals surface area contributed by atoms with Crippen LogP contribution in [0.3, 0.4) is 0 Å². The number of carboxylic acids is 4. The van der Waals surface area contributed by atoms with Crippen molar-refractivity contribution in [2.24, 2.45) is 11.5 Å². The van der Waals surface area contributed by atoms with E-state index >= 15 is 0 Å². The van der Waals surface area contributed by atoms with Crippen molar-refractivity contribution >= 4 is 23.9 Å². The van der Waals surface area contributed by atoms with Crippen LogP contribution < -0.4 is 83.3 Å². The molecule has 0 fully saturated rings. The van der Waals surface area contributed by atoms with Crippen LogP contribution in [0.2, 0.25) is 0 Å². The van der Waals surface area contributed by atoms with E-state index in [0.29, 0.717) is 13.1 Å². The Kier molecular flexibility index (Phi) is 37.8. The van der Waals surface area contributed by atoms with Crippen molar-refractivity contribution < 1.29 is 108 Å². The summed E-state index contributed by atoms with van der Waals surface area (Å²) in [6.45, 7) is 1.19. The molecule has 0 unspecified atom stereocenters. The Bertz CT molecular complexity index is 212. The summed E-state index contributed by atoms with van der Waals surface area (Å²) in [7, 11) is 0. The maximum atomic E-state index is 8.93. The normalized spacial score (nSPS) is 6.56. The van der Waals surface area contributed by atoms with Crippen molar-refractivity contribution in [1.29, 1.82) is 0 Å². The third-order valence-corrected chi connectivity index (χ3v) is 0.500. The van der Waals surface area contributed by atoms with Crippen LogP contribution in [-0.4, -0.2) is 37.0 Å². The number of hydrogen-bond acceptors (Lipinski definition) is 10. The van der Waals surface area contributed by atoms with Crippen molar-refractivity contribution in [2.45, 2.75) is 0 Å². The summed E-state index contributed by atoms with van der Waals surface area (Å²) in [5.74, 6) is -8.74. The van der Waals surface area contributed by atoms with Gasteiger partial charge in [0.05, 0.1) is 23.9 Å². The van der Waals surface area contributed by atoms with Gasteiger partial charge in [0.2, 0.25) is 0 Å². The van der Waals surface area contributed by atoms with Crippen molar-refractivity contribution in [3.8, 4) is 0 Å². The molecule has 10 nitrogen and oxygen atoms in total. The van der Waals surface area contributed by atoms with Crippen LogP contribution in [0.25, 0.3) is 0 Å². The monoisotopic (exact) mass is 334 g/mol. The van der Waals surface area contributed by atoms with E-state index in [9.17, 15) is 0 Å². The molecule has 0 spiro atoms. The maximum Gasteiger partial charge on any atom is 3.00 e. The molecule has 0 atom stereocenters. The van der Waals surface area contributed by atoms with E-state index in [0.717, 1.165) is 0 Å². The van der Waals surface area contributed by atoms with E-state index in [4.69, 9.17) is 51.1 Å². The van der Waals surface area contributed by atoms with Gasteiger partial charge in [-0.2, -0.15) is 0 Å². The molecule has 0 bridgehead atoms. The van der Waals surface area contributed by atoms with Crippen LogP contribution in [0.4, 0.5) is 0 Å². The molecule has 18 heavy (non-hydrogen) atoms. The van der Waals surface area contributed by atoms with Gasteiger partial charge in [-0.25, -0.2) is 0 Å². The van der Waals surface area contributed by atoms with E-state index in [1.807, 2.05) is 0 Å². The van der Waals surface area contributed by atoms with E-state index in [1.165, 1.54) is 0 Å². The first-order valence-corrected chi connectivity index (χ1v) is 3.45. The van der Waals surface area contributed by atoms with Crippen LogP contribution in [0.5, 0.6) is 0 Å². The van der Waals surface area contributed by atoms with Gasteiger partial charge in [-0.05, 0) is 0 Å². The summed E-state index contributed by atoms with van der Waals surface area (Å²) >= 11 is 0. The molecular formula is C6H8CoKN2O8. The molecular weight excluding hydrogens is 326 g/mol. The molecule has 0 aliphatic carbocycles. The van der Waals surface area contributed by atoms with Crippen molar-refractivity contribution in [3.63, 3.8) is 0 Å². The second-order valence-electron chi connectivity index (χ2n) is 1.73. The zero-order valence-electron chi connectivity index (χ0n) is 9.17. The molecule has 12 heteroatoms. The van der Waals surface area contributed by atoms with E-state index in [2.05, 4.69) is 0 Å². The van der Waals surface area contributed by atoms with Crippen LogP contribution >= 0.6 is 0 Å². The number of rotatable bonds is 1. The third kappa shape index (κ3) is 44.5.